The van der Waals surface area contributed by atoms with Gasteiger partial charge in [-0.2, -0.15) is 26.9 Å². The van der Waals surface area contributed by atoms with E-state index in [1.54, 1.807) is 0 Å². The van der Waals surface area contributed by atoms with Crippen LogP contribution in [0.1, 0.15) is 24.1 Å². The molecule has 1 aliphatic carbocycles. The van der Waals surface area contributed by atoms with Crippen LogP contribution < -0.4 is 4.18 Å². The summed E-state index contributed by atoms with van der Waals surface area (Å²) >= 11 is 0. The van der Waals surface area contributed by atoms with E-state index in [1.807, 2.05) is 0 Å². The van der Waals surface area contributed by atoms with Crippen LogP contribution in [0.25, 0.3) is 11.1 Å². The van der Waals surface area contributed by atoms with Gasteiger partial charge in [0.25, 0.3) is 11.6 Å². The van der Waals surface area contributed by atoms with Gasteiger partial charge in [-0.15, -0.1) is 0 Å². The number of carboxylic acids is 1. The highest BCUT2D eigenvalue weighted by molar-refractivity contribution is 7.87. The van der Waals surface area contributed by atoms with Gasteiger partial charge in [0, 0.05) is 17.7 Å². The third kappa shape index (κ3) is 3.87. The number of halogens is 3. The molecule has 0 spiro atoms. The maximum absolute atomic E-state index is 12.8. The molecule has 31 heavy (non-hydrogen) atoms. The molecule has 162 valence electrons. The Morgan fingerprint density at radius 2 is 1.87 bits per heavy atom. The normalized spacial score (nSPS) is 15.0. The zero-order valence-corrected chi connectivity index (χ0v) is 15.9. The minimum absolute atomic E-state index is 0.0706. The number of nitro benzene ring substituents is 1. The predicted octanol–water partition coefficient (Wildman–Crippen LogP) is 2.87. The molecule has 2 aromatic rings. The van der Waals surface area contributed by atoms with Crippen molar-refractivity contribution in [3.8, 4) is 23.1 Å². The lowest BCUT2D eigenvalue weighted by Gasteiger charge is -2.16. The summed E-state index contributed by atoms with van der Waals surface area (Å²) in [6, 6.07) is 7.05. The lowest BCUT2D eigenvalue weighted by molar-refractivity contribution is -0.384. The van der Waals surface area contributed by atoms with Crippen molar-refractivity contribution >= 4 is 21.8 Å². The van der Waals surface area contributed by atoms with Crippen molar-refractivity contribution in [2.45, 2.75) is 23.8 Å². The molecule has 1 heterocycles. The molecule has 0 amide bonds. The van der Waals surface area contributed by atoms with Gasteiger partial charge < -0.3 is 9.29 Å². The number of alkyl halides is 3. The van der Waals surface area contributed by atoms with Crippen LogP contribution in [0.4, 0.5) is 18.9 Å². The minimum Gasteiger partial charge on any atom is -0.481 e. The number of nitrogens with zero attached hydrogens (tertiary/aromatic N) is 3. The van der Waals surface area contributed by atoms with Gasteiger partial charge in [-0.05, 0) is 36.6 Å². The summed E-state index contributed by atoms with van der Waals surface area (Å²) in [5, 5.41) is 29.8. The molecule has 3 rings (SSSR count). The monoisotopic (exact) mass is 457 g/mol. The number of benzene rings is 1. The third-order valence-corrected chi connectivity index (χ3v) is 5.55. The number of nitriles is 1. The van der Waals surface area contributed by atoms with Crippen molar-refractivity contribution < 1.29 is 40.6 Å². The van der Waals surface area contributed by atoms with E-state index in [2.05, 4.69) is 9.17 Å². The Bertz CT molecular complexity index is 1230. The second-order valence-corrected chi connectivity index (χ2v) is 8.06. The van der Waals surface area contributed by atoms with Gasteiger partial charge in [-0.3, -0.25) is 14.9 Å². The van der Waals surface area contributed by atoms with Crippen LogP contribution in [-0.4, -0.2) is 34.9 Å². The highest BCUT2D eigenvalue weighted by Crippen LogP contribution is 2.49. The molecule has 0 radical (unpaired) electrons. The molecule has 1 aliphatic rings. The van der Waals surface area contributed by atoms with Crippen molar-refractivity contribution in [1.82, 2.24) is 4.98 Å². The predicted molar refractivity (Wildman–Crippen MR) is 95.2 cm³/mol. The summed E-state index contributed by atoms with van der Waals surface area (Å²) in [5.41, 5.74) is -8.87. The maximum atomic E-state index is 12.8. The summed E-state index contributed by atoms with van der Waals surface area (Å²) < 4.78 is 65.4. The minimum atomic E-state index is -6.21. The molecule has 0 saturated heterocycles. The van der Waals surface area contributed by atoms with Gasteiger partial charge in [-0.25, -0.2) is 4.98 Å². The Balaban J connectivity index is 2.26. The van der Waals surface area contributed by atoms with Crippen LogP contribution in [0, 0.1) is 21.4 Å². The van der Waals surface area contributed by atoms with Crippen LogP contribution >= 0.6 is 0 Å². The van der Waals surface area contributed by atoms with Crippen molar-refractivity contribution in [1.29, 1.82) is 5.26 Å². The highest BCUT2D eigenvalue weighted by atomic mass is 32.2. The van der Waals surface area contributed by atoms with Gasteiger partial charge in [-0.1, -0.05) is 0 Å². The molecular weight excluding hydrogens is 447 g/mol. The fourth-order valence-corrected chi connectivity index (χ4v) is 3.20. The molecule has 0 aliphatic heterocycles. The maximum Gasteiger partial charge on any atom is 0.534 e. The summed E-state index contributed by atoms with van der Waals surface area (Å²) in [5.74, 6) is -2.58. The first kappa shape index (κ1) is 22.0. The number of aliphatic carboxylic acids is 1. The summed E-state index contributed by atoms with van der Waals surface area (Å²) in [4.78, 5) is 25.4. The third-order valence-electron chi connectivity index (χ3n) is 4.61. The standard InChI is InChI=1S/C17H10F3N3O7S/c18-17(19,20)31(28,29)30-14-12(8-21)11(9-1-3-10(4-2-9)23(26)27)7-13(22-14)16(5-6-16)15(24)25/h1-4,7H,5-6H2,(H,24,25). The topological polar surface area (TPSA) is 160 Å². The Hall–Kier alpha value is -3.73. The van der Waals surface area contributed by atoms with Crippen molar-refractivity contribution in [3.63, 3.8) is 0 Å². The lowest BCUT2D eigenvalue weighted by Crippen LogP contribution is -2.29. The SMILES string of the molecule is N#Cc1c(-c2ccc([N+](=O)[O-])cc2)cc(C2(C(=O)O)CC2)nc1OS(=O)(=O)C(F)(F)F. The summed E-state index contributed by atoms with van der Waals surface area (Å²) in [7, 11) is -6.21. The average molecular weight is 457 g/mol. The van der Waals surface area contributed by atoms with Crippen LogP contribution in [0.3, 0.4) is 0 Å². The number of pyridine rings is 1. The second kappa shape index (κ2) is 7.20. The van der Waals surface area contributed by atoms with Gasteiger partial charge in [0.15, 0.2) is 0 Å². The first-order valence-corrected chi connectivity index (χ1v) is 9.68. The average Bonchev–Trinajstić information content (AvgIpc) is 3.48. The molecule has 1 aromatic heterocycles. The van der Waals surface area contributed by atoms with Crippen molar-refractivity contribution in [2.75, 3.05) is 0 Å². The molecule has 0 atom stereocenters. The molecule has 0 unspecified atom stereocenters. The number of hydrogen-bond acceptors (Lipinski definition) is 8. The number of non-ortho nitro benzene ring substituents is 1. The molecule has 1 saturated carbocycles. The van der Waals surface area contributed by atoms with Crippen LogP contribution in [-0.2, 0) is 20.3 Å². The van der Waals surface area contributed by atoms with Crippen molar-refractivity contribution in [2.24, 2.45) is 0 Å². The van der Waals surface area contributed by atoms with E-state index in [0.29, 0.717) is 0 Å². The van der Waals surface area contributed by atoms with Gasteiger partial charge in [0.05, 0.1) is 10.6 Å². The summed E-state index contributed by atoms with van der Waals surface area (Å²) in [6.07, 6.45) is 0.152. The largest absolute Gasteiger partial charge is 0.534 e. The molecule has 0 bridgehead atoms. The number of hydrogen-bond donors (Lipinski definition) is 1. The Kier molecular flexibility index (Phi) is 5.10. The highest BCUT2D eigenvalue weighted by Gasteiger charge is 2.54. The van der Waals surface area contributed by atoms with Crippen LogP contribution in [0.15, 0.2) is 30.3 Å². The first-order valence-electron chi connectivity index (χ1n) is 8.27. The number of aromatic nitrogens is 1. The molecule has 1 aromatic carbocycles. The number of nitro groups is 1. The fourth-order valence-electron chi connectivity index (χ4n) is 2.78. The Morgan fingerprint density at radius 1 is 1.29 bits per heavy atom. The van der Waals surface area contributed by atoms with E-state index in [0.717, 1.165) is 18.2 Å². The number of carbonyl (C=O) groups is 1. The zero-order valence-electron chi connectivity index (χ0n) is 15.1. The van der Waals surface area contributed by atoms with E-state index < -0.39 is 43.4 Å². The fraction of sp³-hybridized carbons (Fsp3) is 0.235. The van der Waals surface area contributed by atoms with Gasteiger partial charge >= 0.3 is 21.6 Å². The quantitative estimate of drug-likeness (QED) is 0.298. The molecular formula is C17H10F3N3O7S. The van der Waals surface area contributed by atoms with Gasteiger partial charge in [0.1, 0.15) is 17.0 Å². The first-order chi connectivity index (χ1) is 14.3. The molecule has 10 nitrogen and oxygen atoms in total. The van der Waals surface area contributed by atoms with E-state index in [-0.39, 0.29) is 35.3 Å². The Labute approximate surface area is 171 Å². The lowest BCUT2D eigenvalue weighted by atomic mass is 9.95. The van der Waals surface area contributed by atoms with Crippen molar-refractivity contribution in [3.05, 3.63) is 51.7 Å². The smallest absolute Gasteiger partial charge is 0.481 e. The van der Waals surface area contributed by atoms with E-state index in [9.17, 15) is 46.9 Å². The second-order valence-electron chi connectivity index (χ2n) is 6.52. The number of carboxylic acid groups (broad SMARTS) is 1. The van der Waals surface area contributed by atoms with Gasteiger partial charge in [0.2, 0.25) is 0 Å². The molecule has 14 heteroatoms. The van der Waals surface area contributed by atoms with E-state index >= 15 is 0 Å². The Morgan fingerprint density at radius 3 is 2.29 bits per heavy atom. The number of rotatable bonds is 6. The molecule has 1 N–H and O–H groups in total. The zero-order chi connectivity index (χ0) is 23.2. The van der Waals surface area contributed by atoms with Crippen LogP contribution in [0.5, 0.6) is 5.88 Å². The molecule has 1 fully saturated rings. The van der Waals surface area contributed by atoms with E-state index in [4.69, 9.17) is 0 Å². The van der Waals surface area contributed by atoms with E-state index in [1.165, 1.54) is 18.2 Å². The van der Waals surface area contributed by atoms with Crippen LogP contribution in [0.2, 0.25) is 0 Å². The summed E-state index contributed by atoms with van der Waals surface area (Å²) in [6.45, 7) is 0.